The summed E-state index contributed by atoms with van der Waals surface area (Å²) in [6.07, 6.45) is 1.45. The van der Waals surface area contributed by atoms with Gasteiger partial charge in [0.15, 0.2) is 0 Å². The molecule has 1 saturated heterocycles. The maximum atomic E-state index is 11.7. The zero-order chi connectivity index (χ0) is 13.9. The molecular formula is C13H23NO4. The summed E-state index contributed by atoms with van der Waals surface area (Å²) in [5.41, 5.74) is 0.0529. The van der Waals surface area contributed by atoms with E-state index in [2.05, 4.69) is 20.8 Å². The first-order valence-electron chi connectivity index (χ1n) is 6.32. The van der Waals surface area contributed by atoms with Gasteiger partial charge < -0.3 is 14.7 Å². The fraction of sp³-hybridized carbons (Fsp3) is 0.846. The van der Waals surface area contributed by atoms with Crippen molar-refractivity contribution >= 4 is 12.1 Å². The maximum Gasteiger partial charge on any atom is 0.409 e. The van der Waals surface area contributed by atoms with Gasteiger partial charge in [-0.15, -0.1) is 0 Å². The van der Waals surface area contributed by atoms with Gasteiger partial charge in [-0.05, 0) is 24.7 Å². The minimum atomic E-state index is -0.765. The lowest BCUT2D eigenvalue weighted by Crippen LogP contribution is -2.48. The number of nitrogens with zero attached hydrogens (tertiary/aromatic N) is 1. The van der Waals surface area contributed by atoms with Crippen LogP contribution in [0.2, 0.25) is 0 Å². The predicted octanol–water partition coefficient (Wildman–Crippen LogP) is 2.35. The van der Waals surface area contributed by atoms with E-state index < -0.39 is 5.97 Å². The van der Waals surface area contributed by atoms with E-state index in [4.69, 9.17) is 9.84 Å². The number of carbonyl (C=O) groups is 2. The normalized spacial score (nSPS) is 24.8. The Hall–Kier alpha value is -1.26. The van der Waals surface area contributed by atoms with Crippen LogP contribution in [0.1, 0.15) is 40.0 Å². The number of carbonyl (C=O) groups excluding carboxylic acids is 1. The van der Waals surface area contributed by atoms with Gasteiger partial charge in [-0.1, -0.05) is 20.8 Å². The number of aliphatic carboxylic acids is 1. The summed E-state index contributed by atoms with van der Waals surface area (Å²) in [7, 11) is 1.36. The Morgan fingerprint density at radius 3 is 2.44 bits per heavy atom. The smallest absolute Gasteiger partial charge is 0.409 e. The summed E-state index contributed by atoms with van der Waals surface area (Å²) >= 11 is 0. The van der Waals surface area contributed by atoms with Crippen LogP contribution in [0.4, 0.5) is 4.79 Å². The highest BCUT2D eigenvalue weighted by Gasteiger charge is 2.36. The summed E-state index contributed by atoms with van der Waals surface area (Å²) in [4.78, 5) is 24.4. The molecule has 2 atom stereocenters. The van der Waals surface area contributed by atoms with E-state index in [0.717, 1.165) is 6.42 Å². The van der Waals surface area contributed by atoms with Gasteiger partial charge in [0.1, 0.15) is 0 Å². The topological polar surface area (TPSA) is 66.8 Å². The minimum Gasteiger partial charge on any atom is -0.481 e. The van der Waals surface area contributed by atoms with Gasteiger partial charge in [-0.25, -0.2) is 4.79 Å². The monoisotopic (exact) mass is 257 g/mol. The van der Waals surface area contributed by atoms with Crippen LogP contribution in [0, 0.1) is 11.3 Å². The van der Waals surface area contributed by atoms with Gasteiger partial charge in [-0.3, -0.25) is 4.79 Å². The molecule has 1 aliphatic heterocycles. The van der Waals surface area contributed by atoms with E-state index in [9.17, 15) is 9.59 Å². The van der Waals surface area contributed by atoms with E-state index in [1.54, 1.807) is 4.90 Å². The zero-order valence-electron chi connectivity index (χ0n) is 11.6. The minimum absolute atomic E-state index is 0.0488. The average molecular weight is 257 g/mol. The van der Waals surface area contributed by atoms with E-state index in [1.165, 1.54) is 7.11 Å². The number of ether oxygens (including phenoxy) is 1. The second kappa shape index (κ2) is 5.59. The number of rotatable bonds is 2. The second-order valence-electron chi connectivity index (χ2n) is 6.14. The highest BCUT2D eigenvalue weighted by Crippen LogP contribution is 2.32. The Balaban J connectivity index is 2.79. The fourth-order valence-corrected chi connectivity index (χ4v) is 2.53. The highest BCUT2D eigenvalue weighted by molar-refractivity contribution is 5.72. The number of likely N-dealkylation sites (tertiary alicyclic amines) is 1. The lowest BCUT2D eigenvalue weighted by Gasteiger charge is -2.40. The Labute approximate surface area is 108 Å². The van der Waals surface area contributed by atoms with Gasteiger partial charge in [0.05, 0.1) is 13.0 Å². The molecule has 1 fully saturated rings. The van der Waals surface area contributed by atoms with Crippen LogP contribution in [-0.4, -0.2) is 41.8 Å². The molecule has 0 aromatic heterocycles. The number of amides is 1. The third kappa shape index (κ3) is 3.89. The van der Waals surface area contributed by atoms with Crippen LogP contribution in [0.5, 0.6) is 0 Å². The largest absolute Gasteiger partial charge is 0.481 e. The summed E-state index contributed by atoms with van der Waals surface area (Å²) in [6, 6.07) is -0.0488. The molecule has 0 saturated carbocycles. The van der Waals surface area contributed by atoms with E-state index >= 15 is 0 Å². The van der Waals surface area contributed by atoms with Crippen LogP contribution < -0.4 is 0 Å². The van der Waals surface area contributed by atoms with E-state index in [1.807, 2.05) is 0 Å². The molecule has 0 aromatic rings. The summed E-state index contributed by atoms with van der Waals surface area (Å²) in [5, 5.41) is 9.10. The van der Waals surface area contributed by atoms with Crippen molar-refractivity contribution in [2.75, 3.05) is 13.7 Å². The number of carboxylic acid groups (broad SMARTS) is 1. The molecule has 1 N–H and O–H groups in total. The Morgan fingerprint density at radius 2 is 2.00 bits per heavy atom. The van der Waals surface area contributed by atoms with Crippen molar-refractivity contribution in [1.29, 1.82) is 0 Å². The van der Waals surface area contributed by atoms with Crippen molar-refractivity contribution in [3.63, 3.8) is 0 Å². The molecule has 0 bridgehead atoms. The molecule has 1 amide bonds. The maximum absolute atomic E-state index is 11.7. The highest BCUT2D eigenvalue weighted by atomic mass is 16.5. The zero-order valence-corrected chi connectivity index (χ0v) is 11.6. The van der Waals surface area contributed by atoms with Crippen LogP contribution in [0.3, 0.4) is 0 Å². The quantitative estimate of drug-likeness (QED) is 0.824. The number of hydrogen-bond acceptors (Lipinski definition) is 3. The SMILES string of the molecule is COC(=O)N1CC[C@H](C(=O)O)C[C@@H]1CC(C)(C)C. The lowest BCUT2D eigenvalue weighted by atomic mass is 9.81. The molecule has 5 heteroatoms. The molecule has 0 aliphatic carbocycles. The van der Waals surface area contributed by atoms with Crippen LogP contribution in [-0.2, 0) is 9.53 Å². The molecule has 1 heterocycles. The van der Waals surface area contributed by atoms with Crippen molar-refractivity contribution < 1.29 is 19.4 Å². The van der Waals surface area contributed by atoms with Crippen molar-refractivity contribution in [1.82, 2.24) is 4.90 Å². The standard InChI is InChI=1S/C13H23NO4/c1-13(2,3)8-10-7-9(11(15)16)5-6-14(10)12(17)18-4/h9-10H,5-8H2,1-4H3,(H,15,16)/t9-,10+/m0/s1. The van der Waals surface area contributed by atoms with Crippen LogP contribution in [0.25, 0.3) is 0 Å². The molecule has 1 aliphatic rings. The van der Waals surface area contributed by atoms with Gasteiger partial charge >= 0.3 is 12.1 Å². The molecule has 0 aromatic carbocycles. The van der Waals surface area contributed by atoms with Gasteiger partial charge in [0.25, 0.3) is 0 Å². The Kier molecular flexibility index (Phi) is 4.59. The Bertz CT molecular complexity index is 321. The first kappa shape index (κ1) is 14.8. The molecule has 5 nitrogen and oxygen atoms in total. The molecule has 0 unspecified atom stereocenters. The molecule has 0 spiro atoms. The van der Waals surface area contributed by atoms with Crippen molar-refractivity contribution in [2.24, 2.45) is 11.3 Å². The molecule has 0 radical (unpaired) electrons. The molecular weight excluding hydrogens is 234 g/mol. The van der Waals surface area contributed by atoms with Gasteiger partial charge in [0, 0.05) is 12.6 Å². The molecule has 1 rings (SSSR count). The third-order valence-electron chi connectivity index (χ3n) is 3.32. The van der Waals surface area contributed by atoms with E-state index in [0.29, 0.717) is 19.4 Å². The third-order valence-corrected chi connectivity index (χ3v) is 3.32. The molecule has 104 valence electrons. The van der Waals surface area contributed by atoms with E-state index in [-0.39, 0.29) is 23.5 Å². The predicted molar refractivity (Wildman–Crippen MR) is 67.3 cm³/mol. The molecule has 18 heavy (non-hydrogen) atoms. The van der Waals surface area contributed by atoms with Crippen LogP contribution in [0.15, 0.2) is 0 Å². The second-order valence-corrected chi connectivity index (χ2v) is 6.14. The first-order chi connectivity index (χ1) is 8.24. The van der Waals surface area contributed by atoms with Crippen LogP contribution >= 0.6 is 0 Å². The van der Waals surface area contributed by atoms with Gasteiger partial charge in [0.2, 0.25) is 0 Å². The number of hydrogen-bond donors (Lipinski definition) is 1. The van der Waals surface area contributed by atoms with Crippen molar-refractivity contribution in [3.05, 3.63) is 0 Å². The first-order valence-corrected chi connectivity index (χ1v) is 6.32. The number of carboxylic acids is 1. The van der Waals surface area contributed by atoms with Gasteiger partial charge in [-0.2, -0.15) is 0 Å². The fourth-order valence-electron chi connectivity index (χ4n) is 2.53. The number of methoxy groups -OCH3 is 1. The summed E-state index contributed by atoms with van der Waals surface area (Å²) in [5.74, 6) is -1.11. The van der Waals surface area contributed by atoms with Crippen molar-refractivity contribution in [2.45, 2.75) is 46.1 Å². The summed E-state index contributed by atoms with van der Waals surface area (Å²) in [6.45, 7) is 6.73. The lowest BCUT2D eigenvalue weighted by molar-refractivity contribution is -0.144. The number of piperidine rings is 1. The Morgan fingerprint density at radius 1 is 1.39 bits per heavy atom. The van der Waals surface area contributed by atoms with Crippen molar-refractivity contribution in [3.8, 4) is 0 Å². The summed E-state index contributed by atoms with van der Waals surface area (Å²) < 4.78 is 4.77. The average Bonchev–Trinajstić information content (AvgIpc) is 2.25.